The summed E-state index contributed by atoms with van der Waals surface area (Å²) in [5.41, 5.74) is 0. The number of aliphatic imine (C=N–C) groups is 2. The fourth-order valence-electron chi connectivity index (χ4n) is 0.236. The van der Waals surface area contributed by atoms with Gasteiger partial charge in [0.15, 0.2) is 0 Å². The second-order valence-electron chi connectivity index (χ2n) is 0.812. The van der Waals surface area contributed by atoms with Crippen molar-refractivity contribution < 1.29 is 41.3 Å². The minimum Gasteiger partial charge on any atom is -1.00 e. The molecule has 1 heterocycles. The van der Waals surface area contributed by atoms with Gasteiger partial charge in [0, 0.05) is 6.21 Å². The molecule has 0 saturated carbocycles. The third-order valence-electron chi connectivity index (χ3n) is 0.441. The van der Waals surface area contributed by atoms with Crippen molar-refractivity contribution in [1.29, 1.82) is 0 Å². The fourth-order valence-corrected chi connectivity index (χ4v) is 0.236. The summed E-state index contributed by atoms with van der Waals surface area (Å²) in [6.45, 7) is 0.778. The first kappa shape index (κ1) is 15.8. The minimum atomic E-state index is 0. The van der Waals surface area contributed by atoms with E-state index >= 15 is 0 Å². The first-order chi connectivity index (χ1) is 2.50. The van der Waals surface area contributed by atoms with Gasteiger partial charge in [0.25, 0.3) is 0 Å². The number of nitrogens with zero attached hydrogens (tertiary/aromatic N) is 2. The van der Waals surface area contributed by atoms with E-state index < -0.39 is 0 Å². The zero-order valence-corrected chi connectivity index (χ0v) is 6.33. The van der Waals surface area contributed by atoms with Crippen molar-refractivity contribution in [2.24, 2.45) is 9.98 Å². The van der Waals surface area contributed by atoms with Gasteiger partial charge in [0.2, 0.25) is 0 Å². The quantitative estimate of drug-likeness (QED) is 0.346. The summed E-state index contributed by atoms with van der Waals surface area (Å²) in [5.74, 6) is 0. The normalized spacial score (nSPS) is 11.0. The van der Waals surface area contributed by atoms with Crippen molar-refractivity contribution in [3.8, 4) is 0 Å². The van der Waals surface area contributed by atoms with E-state index in [2.05, 4.69) is 9.98 Å². The molecule has 0 N–H and O–H groups in total. The molecule has 0 spiro atoms. The van der Waals surface area contributed by atoms with Crippen molar-refractivity contribution in [2.45, 2.75) is 0 Å². The molecular formula is C3H4Cl2N2Ni. The Kier molecular flexibility index (Phi) is 20.5. The van der Waals surface area contributed by atoms with Crippen LogP contribution in [0.2, 0.25) is 0 Å². The van der Waals surface area contributed by atoms with Gasteiger partial charge in [0.05, 0.1) is 6.54 Å². The van der Waals surface area contributed by atoms with Crippen LogP contribution in [0.15, 0.2) is 9.98 Å². The Morgan fingerprint density at radius 3 is 2.00 bits per heavy atom. The van der Waals surface area contributed by atoms with Crippen LogP contribution >= 0.6 is 0 Å². The Balaban J connectivity index is -0.0000000833. The van der Waals surface area contributed by atoms with Gasteiger partial charge in [-0.15, -0.1) is 0 Å². The van der Waals surface area contributed by atoms with Gasteiger partial charge in [-0.1, -0.05) is 0 Å². The van der Waals surface area contributed by atoms with E-state index in [9.17, 15) is 0 Å². The van der Waals surface area contributed by atoms with Crippen LogP contribution < -0.4 is 24.8 Å². The Bertz CT molecular complexity index is 73.4. The molecule has 50 valence electrons. The summed E-state index contributed by atoms with van der Waals surface area (Å²) >= 11 is 0. The topological polar surface area (TPSA) is 24.7 Å². The van der Waals surface area contributed by atoms with Crippen molar-refractivity contribution >= 4 is 12.6 Å². The molecule has 1 rings (SSSR count). The molecule has 0 aromatic heterocycles. The molecular weight excluding hydrogens is 194 g/mol. The van der Waals surface area contributed by atoms with Gasteiger partial charge < -0.3 is 24.8 Å². The maximum absolute atomic E-state index is 3.74. The minimum absolute atomic E-state index is 0. The molecule has 0 aromatic carbocycles. The van der Waals surface area contributed by atoms with Crippen molar-refractivity contribution in [3.63, 3.8) is 0 Å². The molecule has 5 heteroatoms. The summed E-state index contributed by atoms with van der Waals surface area (Å²) in [4.78, 5) is 7.40. The Labute approximate surface area is 70.6 Å². The van der Waals surface area contributed by atoms with Gasteiger partial charge >= 0.3 is 16.5 Å². The van der Waals surface area contributed by atoms with E-state index in [0.29, 0.717) is 0 Å². The molecule has 0 unspecified atom stereocenters. The van der Waals surface area contributed by atoms with Gasteiger partial charge in [-0.25, -0.2) is 4.99 Å². The van der Waals surface area contributed by atoms with Crippen LogP contribution in [-0.2, 0) is 16.5 Å². The summed E-state index contributed by atoms with van der Waals surface area (Å²) in [6.07, 6.45) is 3.32. The Morgan fingerprint density at radius 2 is 1.88 bits per heavy atom. The van der Waals surface area contributed by atoms with E-state index in [1.54, 1.807) is 12.6 Å². The zero-order valence-electron chi connectivity index (χ0n) is 3.83. The molecule has 0 saturated heterocycles. The van der Waals surface area contributed by atoms with E-state index in [1.165, 1.54) is 0 Å². The maximum atomic E-state index is 3.74. The smallest absolute Gasteiger partial charge is 1.00 e. The number of halogens is 2. The van der Waals surface area contributed by atoms with E-state index in [1.807, 2.05) is 0 Å². The summed E-state index contributed by atoms with van der Waals surface area (Å²) in [7, 11) is 0. The molecule has 8 heavy (non-hydrogen) atoms. The molecule has 0 bridgehead atoms. The average molecular weight is 198 g/mol. The van der Waals surface area contributed by atoms with Crippen LogP contribution in [0.5, 0.6) is 0 Å². The first-order valence-electron chi connectivity index (χ1n) is 1.50. The van der Waals surface area contributed by atoms with E-state index in [0.717, 1.165) is 6.54 Å². The predicted octanol–water partition coefficient (Wildman–Crippen LogP) is -5.90. The molecule has 1 aliphatic rings. The molecule has 0 atom stereocenters. The van der Waals surface area contributed by atoms with Crippen molar-refractivity contribution in [1.82, 2.24) is 0 Å². The molecule has 0 fully saturated rings. The Morgan fingerprint density at radius 1 is 1.25 bits per heavy atom. The first-order valence-corrected chi connectivity index (χ1v) is 1.50. The van der Waals surface area contributed by atoms with Crippen LogP contribution in [0.25, 0.3) is 0 Å². The van der Waals surface area contributed by atoms with Crippen LogP contribution in [0, 0.1) is 0 Å². The van der Waals surface area contributed by atoms with Gasteiger partial charge in [-0.05, 0) is 0 Å². The molecule has 0 radical (unpaired) electrons. The average Bonchev–Trinajstić information content (AvgIpc) is 1.76. The van der Waals surface area contributed by atoms with Crippen molar-refractivity contribution in [2.75, 3.05) is 6.54 Å². The number of hydrogen-bond donors (Lipinski definition) is 0. The summed E-state index contributed by atoms with van der Waals surface area (Å²) in [6, 6.07) is 0. The number of rotatable bonds is 0. The van der Waals surface area contributed by atoms with Crippen molar-refractivity contribution in [3.05, 3.63) is 0 Å². The fraction of sp³-hybridized carbons (Fsp3) is 0.333. The third-order valence-corrected chi connectivity index (χ3v) is 0.441. The zero-order chi connectivity index (χ0) is 3.54. The third kappa shape index (κ3) is 6.41. The predicted molar refractivity (Wildman–Crippen MR) is 21.9 cm³/mol. The second kappa shape index (κ2) is 10.4. The molecule has 1 aliphatic heterocycles. The van der Waals surface area contributed by atoms with E-state index in [-0.39, 0.29) is 41.3 Å². The van der Waals surface area contributed by atoms with Crippen LogP contribution in [0.4, 0.5) is 0 Å². The molecule has 2 nitrogen and oxygen atoms in total. The summed E-state index contributed by atoms with van der Waals surface area (Å²) < 4.78 is 0. The van der Waals surface area contributed by atoms with E-state index in [4.69, 9.17) is 0 Å². The second-order valence-corrected chi connectivity index (χ2v) is 0.812. The number of hydrogen-bond acceptors (Lipinski definition) is 2. The largest absolute Gasteiger partial charge is 2.00 e. The Hall–Kier alpha value is 0.414. The van der Waals surface area contributed by atoms with Crippen LogP contribution in [0.3, 0.4) is 0 Å². The van der Waals surface area contributed by atoms with Crippen LogP contribution in [-0.4, -0.2) is 19.1 Å². The van der Waals surface area contributed by atoms with Crippen LogP contribution in [0.1, 0.15) is 0 Å². The molecule has 0 aliphatic carbocycles. The van der Waals surface area contributed by atoms with Gasteiger partial charge in [-0.3, -0.25) is 4.99 Å². The van der Waals surface area contributed by atoms with Gasteiger partial charge in [-0.2, -0.15) is 0 Å². The molecule has 0 aromatic rings. The monoisotopic (exact) mass is 196 g/mol. The van der Waals surface area contributed by atoms with Gasteiger partial charge in [0.1, 0.15) is 6.34 Å². The maximum Gasteiger partial charge on any atom is 2.00 e. The summed E-state index contributed by atoms with van der Waals surface area (Å²) in [5, 5.41) is 0. The SMILES string of the molecule is C1=NC=NC1.[Cl-].[Cl-].[Ni+2]. The standard InChI is InChI=1S/C3H4N2.2ClH.Ni/c1-2-5-3-4-1;;;/h1,3H,2H2;2*1H;/q;;;+2/p-2. The molecule has 0 amide bonds.